The quantitative estimate of drug-likeness (QED) is 0.863. The summed E-state index contributed by atoms with van der Waals surface area (Å²) in [5, 5.41) is 2.86. The van der Waals surface area contributed by atoms with Crippen LogP contribution in [0.3, 0.4) is 0 Å². The lowest BCUT2D eigenvalue weighted by molar-refractivity contribution is 0.0905. The molecule has 1 amide bonds. The molecule has 0 aliphatic carbocycles. The summed E-state index contributed by atoms with van der Waals surface area (Å²) < 4.78 is 6.00. The minimum Gasteiger partial charge on any atom is -0.383 e. The van der Waals surface area contributed by atoms with Crippen LogP contribution in [0.5, 0.6) is 0 Å². The molecular formula is C11H14INO2. The highest BCUT2D eigenvalue weighted by Crippen LogP contribution is 2.07. The molecule has 1 unspecified atom stereocenters. The maximum absolute atomic E-state index is 11.7. The summed E-state index contributed by atoms with van der Waals surface area (Å²) in [5.74, 6) is -0.0573. The number of rotatable bonds is 4. The number of carbonyl (C=O) groups excluding carboxylic acids is 1. The molecule has 0 fully saturated rings. The van der Waals surface area contributed by atoms with E-state index in [0.717, 1.165) is 3.57 Å². The molecule has 1 atom stereocenters. The summed E-state index contributed by atoms with van der Waals surface area (Å²) >= 11 is 2.18. The smallest absolute Gasteiger partial charge is 0.251 e. The third-order valence-electron chi connectivity index (χ3n) is 1.88. The van der Waals surface area contributed by atoms with E-state index >= 15 is 0 Å². The molecule has 1 aromatic carbocycles. The van der Waals surface area contributed by atoms with Crippen LogP contribution < -0.4 is 5.32 Å². The van der Waals surface area contributed by atoms with Crippen molar-refractivity contribution in [3.8, 4) is 0 Å². The second kappa shape index (κ2) is 6.07. The van der Waals surface area contributed by atoms with Crippen LogP contribution >= 0.6 is 22.6 Å². The van der Waals surface area contributed by atoms with Gasteiger partial charge in [0.15, 0.2) is 0 Å². The van der Waals surface area contributed by atoms with Gasteiger partial charge in [0, 0.05) is 22.3 Å². The van der Waals surface area contributed by atoms with Gasteiger partial charge in [-0.15, -0.1) is 0 Å². The molecular weight excluding hydrogens is 305 g/mol. The minimum atomic E-state index is -0.0573. The first-order chi connectivity index (χ1) is 7.13. The van der Waals surface area contributed by atoms with E-state index < -0.39 is 0 Å². The largest absolute Gasteiger partial charge is 0.383 e. The van der Waals surface area contributed by atoms with Gasteiger partial charge in [0.25, 0.3) is 5.91 Å². The van der Waals surface area contributed by atoms with Gasteiger partial charge in [-0.2, -0.15) is 0 Å². The Hall–Kier alpha value is -0.620. The predicted molar refractivity (Wildman–Crippen MR) is 68.0 cm³/mol. The van der Waals surface area contributed by atoms with Crippen molar-refractivity contribution in [3.63, 3.8) is 0 Å². The van der Waals surface area contributed by atoms with Gasteiger partial charge in [-0.1, -0.05) is 6.07 Å². The van der Waals surface area contributed by atoms with E-state index in [1.165, 1.54) is 0 Å². The molecule has 4 heteroatoms. The second-order valence-corrected chi connectivity index (χ2v) is 4.59. The van der Waals surface area contributed by atoms with Gasteiger partial charge in [0.1, 0.15) is 0 Å². The van der Waals surface area contributed by atoms with Crippen molar-refractivity contribution < 1.29 is 9.53 Å². The van der Waals surface area contributed by atoms with Crippen molar-refractivity contribution in [2.75, 3.05) is 13.7 Å². The minimum absolute atomic E-state index is 0.0281. The Kier molecular flexibility index (Phi) is 5.04. The lowest BCUT2D eigenvalue weighted by Crippen LogP contribution is -2.35. The monoisotopic (exact) mass is 319 g/mol. The number of halogens is 1. The highest BCUT2D eigenvalue weighted by molar-refractivity contribution is 14.1. The first-order valence-electron chi connectivity index (χ1n) is 4.69. The number of amides is 1. The molecule has 0 saturated heterocycles. The third kappa shape index (κ3) is 4.17. The van der Waals surface area contributed by atoms with Crippen LogP contribution in [0.2, 0.25) is 0 Å². The average Bonchev–Trinajstić information content (AvgIpc) is 2.18. The Balaban J connectivity index is 2.61. The molecule has 0 bridgehead atoms. The Morgan fingerprint density at radius 1 is 1.60 bits per heavy atom. The normalized spacial score (nSPS) is 12.2. The lowest BCUT2D eigenvalue weighted by Gasteiger charge is -2.12. The van der Waals surface area contributed by atoms with Gasteiger partial charge in [0.2, 0.25) is 0 Å². The summed E-state index contributed by atoms with van der Waals surface area (Å²) in [6.45, 7) is 2.44. The Bertz CT molecular complexity index is 341. The number of hydrogen-bond donors (Lipinski definition) is 1. The second-order valence-electron chi connectivity index (χ2n) is 3.34. The van der Waals surface area contributed by atoms with E-state index in [9.17, 15) is 4.79 Å². The maximum atomic E-state index is 11.7. The summed E-state index contributed by atoms with van der Waals surface area (Å²) in [6.07, 6.45) is 0. The van der Waals surface area contributed by atoms with Crippen molar-refractivity contribution in [2.24, 2.45) is 0 Å². The van der Waals surface area contributed by atoms with Crippen LogP contribution in [-0.4, -0.2) is 25.7 Å². The molecule has 0 radical (unpaired) electrons. The van der Waals surface area contributed by atoms with Gasteiger partial charge in [-0.25, -0.2) is 0 Å². The molecule has 1 aromatic rings. The fourth-order valence-electron chi connectivity index (χ4n) is 1.23. The fraction of sp³-hybridized carbons (Fsp3) is 0.364. The molecule has 15 heavy (non-hydrogen) atoms. The van der Waals surface area contributed by atoms with E-state index in [0.29, 0.717) is 12.2 Å². The molecule has 0 aromatic heterocycles. The highest BCUT2D eigenvalue weighted by atomic mass is 127. The zero-order chi connectivity index (χ0) is 11.3. The summed E-state index contributed by atoms with van der Waals surface area (Å²) in [5.41, 5.74) is 0.685. The molecule has 0 aliphatic heterocycles. The summed E-state index contributed by atoms with van der Waals surface area (Å²) in [4.78, 5) is 11.7. The van der Waals surface area contributed by atoms with Crippen molar-refractivity contribution in [2.45, 2.75) is 13.0 Å². The first kappa shape index (κ1) is 12.4. The first-order valence-corrected chi connectivity index (χ1v) is 5.76. The SMILES string of the molecule is COCC(C)NC(=O)c1cccc(I)c1. The number of ether oxygens (including phenoxy) is 1. The van der Waals surface area contributed by atoms with Crippen LogP contribution in [0.1, 0.15) is 17.3 Å². The molecule has 82 valence electrons. The molecule has 3 nitrogen and oxygen atoms in total. The Morgan fingerprint density at radius 2 is 2.33 bits per heavy atom. The third-order valence-corrected chi connectivity index (χ3v) is 2.55. The molecule has 0 spiro atoms. The fourth-order valence-corrected chi connectivity index (χ4v) is 1.77. The van der Waals surface area contributed by atoms with Gasteiger partial charge in [-0.3, -0.25) is 4.79 Å². The van der Waals surface area contributed by atoms with Crippen molar-refractivity contribution in [3.05, 3.63) is 33.4 Å². The molecule has 1 N–H and O–H groups in total. The molecule has 0 heterocycles. The van der Waals surface area contributed by atoms with Crippen molar-refractivity contribution >= 4 is 28.5 Å². The van der Waals surface area contributed by atoms with Gasteiger partial charge < -0.3 is 10.1 Å². The standard InChI is InChI=1S/C11H14INO2/c1-8(7-15-2)13-11(14)9-4-3-5-10(12)6-9/h3-6,8H,7H2,1-2H3,(H,13,14). The summed E-state index contributed by atoms with van der Waals surface area (Å²) in [6, 6.07) is 7.51. The van der Waals surface area contributed by atoms with E-state index in [1.807, 2.05) is 25.1 Å². The van der Waals surface area contributed by atoms with Crippen LogP contribution in [0.25, 0.3) is 0 Å². The molecule has 0 aliphatic rings. The molecule has 0 saturated carbocycles. The highest BCUT2D eigenvalue weighted by Gasteiger charge is 2.09. The van der Waals surface area contributed by atoms with Crippen LogP contribution in [0, 0.1) is 3.57 Å². The Labute approximate surface area is 103 Å². The Morgan fingerprint density at radius 3 is 2.93 bits per heavy atom. The topological polar surface area (TPSA) is 38.3 Å². The van der Waals surface area contributed by atoms with E-state index in [-0.39, 0.29) is 11.9 Å². The van der Waals surface area contributed by atoms with Gasteiger partial charge >= 0.3 is 0 Å². The number of carbonyl (C=O) groups is 1. The van der Waals surface area contributed by atoms with Crippen LogP contribution in [0.15, 0.2) is 24.3 Å². The van der Waals surface area contributed by atoms with E-state index in [1.54, 1.807) is 13.2 Å². The maximum Gasteiger partial charge on any atom is 0.251 e. The van der Waals surface area contributed by atoms with Crippen molar-refractivity contribution in [1.29, 1.82) is 0 Å². The number of methoxy groups -OCH3 is 1. The number of nitrogens with one attached hydrogen (secondary N) is 1. The van der Waals surface area contributed by atoms with E-state index in [4.69, 9.17) is 4.74 Å². The zero-order valence-corrected chi connectivity index (χ0v) is 10.9. The van der Waals surface area contributed by atoms with Crippen LogP contribution in [0.4, 0.5) is 0 Å². The van der Waals surface area contributed by atoms with Crippen LogP contribution in [-0.2, 0) is 4.74 Å². The zero-order valence-electron chi connectivity index (χ0n) is 8.79. The number of benzene rings is 1. The predicted octanol–water partition coefficient (Wildman–Crippen LogP) is 2.06. The lowest BCUT2D eigenvalue weighted by atomic mass is 10.2. The molecule has 1 rings (SSSR count). The van der Waals surface area contributed by atoms with Gasteiger partial charge in [0.05, 0.1) is 6.61 Å². The van der Waals surface area contributed by atoms with Gasteiger partial charge in [-0.05, 0) is 47.7 Å². The number of hydrogen-bond acceptors (Lipinski definition) is 2. The average molecular weight is 319 g/mol. The summed E-state index contributed by atoms with van der Waals surface area (Å²) in [7, 11) is 1.62. The van der Waals surface area contributed by atoms with E-state index in [2.05, 4.69) is 27.9 Å². The van der Waals surface area contributed by atoms with Crippen molar-refractivity contribution in [1.82, 2.24) is 5.32 Å².